The summed E-state index contributed by atoms with van der Waals surface area (Å²) in [6, 6.07) is 13.9. The molecule has 1 aromatic heterocycles. The highest BCUT2D eigenvalue weighted by Gasteiger charge is 2.33. The minimum atomic E-state index is -0.664. The van der Waals surface area contributed by atoms with Crippen LogP contribution < -0.4 is 19.6 Å². The average Bonchev–Trinajstić information content (AvgIpc) is 3.08. The molecule has 0 spiro atoms. The molecule has 1 atom stereocenters. The fourth-order valence-corrected chi connectivity index (χ4v) is 4.76. The van der Waals surface area contributed by atoms with Gasteiger partial charge in [-0.2, -0.15) is 0 Å². The number of nitrogens with zero attached hydrogens (tertiary/aromatic N) is 2. The van der Waals surface area contributed by atoms with Gasteiger partial charge in [0.1, 0.15) is 5.75 Å². The molecule has 8 heteroatoms. The molecule has 1 aliphatic heterocycles. The number of esters is 1. The van der Waals surface area contributed by atoms with Gasteiger partial charge in [-0.1, -0.05) is 53.3 Å². The Hall–Kier alpha value is -3.16. The van der Waals surface area contributed by atoms with Crippen molar-refractivity contribution in [2.45, 2.75) is 13.0 Å². The van der Waals surface area contributed by atoms with Gasteiger partial charge in [-0.05, 0) is 42.3 Å². The minimum absolute atomic E-state index is 0.251. The van der Waals surface area contributed by atoms with Crippen LogP contribution in [0, 0.1) is 0 Å². The summed E-state index contributed by atoms with van der Waals surface area (Å²) >= 11 is 7.53. The van der Waals surface area contributed by atoms with E-state index in [1.54, 1.807) is 38.3 Å². The Bertz CT molecular complexity index is 1370. The van der Waals surface area contributed by atoms with E-state index in [0.29, 0.717) is 31.4 Å². The third-order valence-corrected chi connectivity index (χ3v) is 6.38. The standard InChI is InChI=1S/C23H19ClN2O4S/c1-13-19(22(28)30-3)20(14-8-10-16(29-2)11-9-14)26-21(27)18(31-23(26)25-13)12-15-6-4-5-7-17(15)24/h4-12,20H,1-3H3/b18-12+/t20-/m0/s1. The van der Waals surface area contributed by atoms with Gasteiger partial charge < -0.3 is 9.47 Å². The highest BCUT2D eigenvalue weighted by atomic mass is 35.5. The summed E-state index contributed by atoms with van der Waals surface area (Å²) in [7, 11) is 2.90. The first-order valence-electron chi connectivity index (χ1n) is 9.44. The maximum atomic E-state index is 13.4. The highest BCUT2D eigenvalue weighted by molar-refractivity contribution is 7.07. The third-order valence-electron chi connectivity index (χ3n) is 5.05. The summed E-state index contributed by atoms with van der Waals surface area (Å²) in [6.45, 7) is 1.74. The van der Waals surface area contributed by atoms with Crippen LogP contribution in [0.2, 0.25) is 5.02 Å². The number of hydrogen-bond acceptors (Lipinski definition) is 6. The van der Waals surface area contributed by atoms with Crippen molar-refractivity contribution in [3.05, 3.63) is 95.6 Å². The van der Waals surface area contributed by atoms with Gasteiger partial charge in [-0.3, -0.25) is 9.36 Å². The van der Waals surface area contributed by atoms with Crippen molar-refractivity contribution < 1.29 is 14.3 Å². The molecule has 6 nitrogen and oxygen atoms in total. The summed E-state index contributed by atoms with van der Waals surface area (Å²) in [5, 5.41) is 0.548. The Morgan fingerprint density at radius 2 is 1.87 bits per heavy atom. The summed E-state index contributed by atoms with van der Waals surface area (Å²) in [5.41, 5.74) is 2.07. The number of benzene rings is 2. The van der Waals surface area contributed by atoms with Crippen molar-refractivity contribution in [3.8, 4) is 5.75 Å². The number of rotatable bonds is 4. The van der Waals surface area contributed by atoms with Crippen LogP contribution >= 0.6 is 22.9 Å². The zero-order chi connectivity index (χ0) is 22.1. The van der Waals surface area contributed by atoms with E-state index in [2.05, 4.69) is 4.99 Å². The number of carbonyl (C=O) groups excluding carboxylic acids is 1. The van der Waals surface area contributed by atoms with Crippen LogP contribution in [0.25, 0.3) is 6.08 Å². The molecule has 0 N–H and O–H groups in total. The molecule has 31 heavy (non-hydrogen) atoms. The second-order valence-electron chi connectivity index (χ2n) is 6.87. The molecule has 0 fully saturated rings. The lowest BCUT2D eigenvalue weighted by Gasteiger charge is -2.24. The highest BCUT2D eigenvalue weighted by Crippen LogP contribution is 2.31. The summed E-state index contributed by atoms with van der Waals surface area (Å²) < 4.78 is 12.3. The Labute approximate surface area is 187 Å². The Kier molecular flexibility index (Phi) is 5.80. The maximum absolute atomic E-state index is 13.4. The van der Waals surface area contributed by atoms with E-state index in [-0.39, 0.29) is 5.56 Å². The van der Waals surface area contributed by atoms with Crippen molar-refractivity contribution >= 4 is 35.0 Å². The lowest BCUT2D eigenvalue weighted by Crippen LogP contribution is -2.39. The number of halogens is 1. The Morgan fingerprint density at radius 3 is 2.52 bits per heavy atom. The minimum Gasteiger partial charge on any atom is -0.497 e. The van der Waals surface area contributed by atoms with E-state index >= 15 is 0 Å². The fraction of sp³-hybridized carbons (Fsp3) is 0.174. The average molecular weight is 455 g/mol. The van der Waals surface area contributed by atoms with Crippen LogP contribution in [0.4, 0.5) is 0 Å². The lowest BCUT2D eigenvalue weighted by atomic mass is 9.96. The van der Waals surface area contributed by atoms with Crippen molar-refractivity contribution in [2.24, 2.45) is 4.99 Å². The van der Waals surface area contributed by atoms with E-state index in [0.717, 1.165) is 11.1 Å². The smallest absolute Gasteiger partial charge is 0.338 e. The number of fused-ring (bicyclic) bond motifs is 1. The topological polar surface area (TPSA) is 69.9 Å². The van der Waals surface area contributed by atoms with Gasteiger partial charge in [-0.15, -0.1) is 0 Å². The molecule has 0 aliphatic carbocycles. The molecule has 0 unspecified atom stereocenters. The molecule has 2 aromatic carbocycles. The van der Waals surface area contributed by atoms with Gasteiger partial charge in [-0.25, -0.2) is 9.79 Å². The zero-order valence-electron chi connectivity index (χ0n) is 17.1. The first-order chi connectivity index (χ1) is 14.9. The molecule has 0 saturated heterocycles. The van der Waals surface area contributed by atoms with Crippen molar-refractivity contribution in [1.29, 1.82) is 0 Å². The van der Waals surface area contributed by atoms with Gasteiger partial charge >= 0.3 is 5.97 Å². The second kappa shape index (κ2) is 8.53. The second-order valence-corrected chi connectivity index (χ2v) is 8.28. The summed E-state index contributed by atoms with van der Waals surface area (Å²) in [6.07, 6.45) is 1.74. The zero-order valence-corrected chi connectivity index (χ0v) is 18.7. The molecular formula is C23H19ClN2O4S. The lowest BCUT2D eigenvalue weighted by molar-refractivity contribution is -0.136. The number of carbonyl (C=O) groups is 1. The molecule has 0 saturated carbocycles. The van der Waals surface area contributed by atoms with Crippen LogP contribution in [0.15, 0.2) is 69.6 Å². The maximum Gasteiger partial charge on any atom is 0.338 e. The van der Waals surface area contributed by atoms with Crippen molar-refractivity contribution in [3.63, 3.8) is 0 Å². The van der Waals surface area contributed by atoms with Crippen molar-refractivity contribution in [1.82, 2.24) is 4.57 Å². The molecule has 2 heterocycles. The number of hydrogen-bond donors (Lipinski definition) is 0. The van der Waals surface area contributed by atoms with Crippen LogP contribution in [0.5, 0.6) is 5.75 Å². The SMILES string of the molecule is COC(=O)C1=C(C)N=c2s/c(=C/c3ccccc3Cl)c(=O)n2[C@H]1c1ccc(OC)cc1. The monoisotopic (exact) mass is 454 g/mol. The predicted octanol–water partition coefficient (Wildman–Crippen LogP) is 3.07. The van der Waals surface area contributed by atoms with E-state index in [1.165, 1.54) is 23.0 Å². The van der Waals surface area contributed by atoms with Gasteiger partial charge in [0, 0.05) is 5.02 Å². The van der Waals surface area contributed by atoms with Crippen LogP contribution in [-0.4, -0.2) is 24.8 Å². The molecular weight excluding hydrogens is 436 g/mol. The molecule has 4 rings (SSSR count). The summed E-state index contributed by atoms with van der Waals surface area (Å²) in [4.78, 5) is 31.1. The Balaban J connectivity index is 1.97. The quantitative estimate of drug-likeness (QED) is 0.568. The van der Waals surface area contributed by atoms with E-state index in [4.69, 9.17) is 21.1 Å². The van der Waals surface area contributed by atoms with E-state index in [9.17, 15) is 9.59 Å². The Morgan fingerprint density at radius 1 is 1.16 bits per heavy atom. The number of ether oxygens (including phenoxy) is 2. The molecule has 0 amide bonds. The van der Waals surface area contributed by atoms with Crippen LogP contribution in [0.1, 0.15) is 24.1 Å². The molecule has 3 aromatic rings. The molecule has 1 aliphatic rings. The first-order valence-corrected chi connectivity index (χ1v) is 10.6. The first kappa shape index (κ1) is 21.1. The molecule has 0 radical (unpaired) electrons. The largest absolute Gasteiger partial charge is 0.497 e. The summed E-state index contributed by atoms with van der Waals surface area (Å²) in [5.74, 6) is 0.151. The van der Waals surface area contributed by atoms with Gasteiger partial charge in [0.25, 0.3) is 5.56 Å². The van der Waals surface area contributed by atoms with Gasteiger partial charge in [0.15, 0.2) is 4.80 Å². The van der Waals surface area contributed by atoms with E-state index < -0.39 is 12.0 Å². The predicted molar refractivity (Wildman–Crippen MR) is 120 cm³/mol. The van der Waals surface area contributed by atoms with Crippen molar-refractivity contribution in [2.75, 3.05) is 14.2 Å². The van der Waals surface area contributed by atoms with Crippen LogP contribution in [0.3, 0.4) is 0 Å². The molecule has 0 bridgehead atoms. The van der Waals surface area contributed by atoms with E-state index in [1.807, 2.05) is 30.3 Å². The molecule has 158 valence electrons. The third kappa shape index (κ3) is 3.82. The van der Waals surface area contributed by atoms with Crippen LogP contribution in [-0.2, 0) is 9.53 Å². The number of allylic oxidation sites excluding steroid dienone is 1. The normalized spacial score (nSPS) is 16.0. The van der Waals surface area contributed by atoms with Gasteiger partial charge in [0.2, 0.25) is 0 Å². The number of thiazole rings is 1. The number of aromatic nitrogens is 1. The van der Waals surface area contributed by atoms with Gasteiger partial charge in [0.05, 0.1) is 36.1 Å². The fourth-order valence-electron chi connectivity index (χ4n) is 3.53. The number of methoxy groups -OCH3 is 2.